The molecule has 4 amide bonds. The van der Waals surface area contributed by atoms with Gasteiger partial charge in [-0.2, -0.15) is 0 Å². The number of aliphatic hydroxyl groups is 2. The van der Waals surface area contributed by atoms with Crippen molar-refractivity contribution in [3.05, 3.63) is 78.4 Å². The fourth-order valence-electron chi connectivity index (χ4n) is 6.02. The van der Waals surface area contributed by atoms with Gasteiger partial charge in [0.15, 0.2) is 17.7 Å². The average molecular weight is 748 g/mol. The quantitative estimate of drug-likeness (QED) is 0.0727. The molecule has 0 bridgehead atoms. The van der Waals surface area contributed by atoms with Gasteiger partial charge in [-0.05, 0) is 42.5 Å². The Morgan fingerprint density at radius 2 is 1.72 bits per heavy atom. The van der Waals surface area contributed by atoms with Gasteiger partial charge < -0.3 is 51.4 Å². The van der Waals surface area contributed by atoms with Gasteiger partial charge in [-0.3, -0.25) is 19.0 Å². The number of nitrogens with zero attached hydrogens (tertiary/aromatic N) is 4. The van der Waals surface area contributed by atoms with Crippen molar-refractivity contribution < 1.29 is 43.6 Å². The molecule has 2 aromatic heterocycles. The van der Waals surface area contributed by atoms with Crippen molar-refractivity contribution in [2.24, 2.45) is 0 Å². The molecule has 3 heterocycles. The Balaban J connectivity index is 1.33. The van der Waals surface area contributed by atoms with Crippen LogP contribution in [0.1, 0.15) is 43.5 Å². The minimum Gasteiger partial charge on any atom is -0.497 e. The van der Waals surface area contributed by atoms with Crippen LogP contribution in [0.5, 0.6) is 5.75 Å². The average Bonchev–Trinajstić information content (AvgIpc) is 3.74. The van der Waals surface area contributed by atoms with Crippen LogP contribution in [0.4, 0.5) is 10.6 Å². The fraction of sp³-hybridized carbons (Fsp3) is 0.417. The van der Waals surface area contributed by atoms with Crippen LogP contribution in [0.3, 0.4) is 0 Å². The lowest BCUT2D eigenvalue weighted by molar-refractivity contribution is -0.131. The number of methoxy groups -OCH3 is 1. The van der Waals surface area contributed by atoms with Crippen LogP contribution in [0.15, 0.2) is 67.3 Å². The third-order valence-corrected chi connectivity index (χ3v) is 8.87. The van der Waals surface area contributed by atoms with Crippen molar-refractivity contribution in [2.45, 2.75) is 75.8 Å². The highest BCUT2D eigenvalue weighted by atomic mass is 16.6. The summed E-state index contributed by atoms with van der Waals surface area (Å²) >= 11 is 0. The first-order chi connectivity index (χ1) is 26.1. The molecule has 0 radical (unpaired) electrons. The second-order valence-electron chi connectivity index (χ2n) is 12.7. The van der Waals surface area contributed by atoms with Crippen LogP contribution in [0.2, 0.25) is 0 Å². The normalized spacial score (nSPS) is 19.0. The van der Waals surface area contributed by atoms with E-state index in [2.05, 4.69) is 36.2 Å². The number of aliphatic hydroxyl groups excluding tert-OH is 2. The predicted octanol–water partition coefficient (Wildman–Crippen LogP) is 0.481. The van der Waals surface area contributed by atoms with E-state index in [1.807, 2.05) is 6.07 Å². The number of carbonyl (C=O) groups excluding carboxylic acids is 4. The third kappa shape index (κ3) is 10.2. The maximum atomic E-state index is 14.1. The summed E-state index contributed by atoms with van der Waals surface area (Å²) in [5.74, 6) is -0.838. The van der Waals surface area contributed by atoms with E-state index in [-0.39, 0.29) is 42.3 Å². The number of anilines is 1. The molecule has 1 aliphatic heterocycles. The van der Waals surface area contributed by atoms with Crippen LogP contribution >= 0.6 is 0 Å². The van der Waals surface area contributed by atoms with Gasteiger partial charge in [0.05, 0.1) is 26.1 Å². The monoisotopic (exact) mass is 747 g/mol. The highest BCUT2D eigenvalue weighted by molar-refractivity contribution is 5.91. The fourth-order valence-corrected chi connectivity index (χ4v) is 6.02. The molecule has 1 aliphatic rings. The Morgan fingerprint density at radius 1 is 0.963 bits per heavy atom. The number of nitrogens with two attached hydrogens (primary N) is 1. The number of unbranched alkanes of at least 4 members (excludes halogenated alkanes) is 1. The largest absolute Gasteiger partial charge is 0.497 e. The van der Waals surface area contributed by atoms with Gasteiger partial charge in [-0.25, -0.2) is 19.7 Å². The summed E-state index contributed by atoms with van der Waals surface area (Å²) in [6.45, 7) is 1.19. The summed E-state index contributed by atoms with van der Waals surface area (Å²) in [5, 5.41) is 32.5. The van der Waals surface area contributed by atoms with E-state index in [1.54, 1.807) is 48.5 Å². The molecular formula is C36H45N9O9. The second-order valence-corrected chi connectivity index (χ2v) is 12.7. The molecule has 288 valence electrons. The number of nitrogen functional groups attached to an aromatic ring is 1. The zero-order valence-corrected chi connectivity index (χ0v) is 29.9. The van der Waals surface area contributed by atoms with Crippen LogP contribution < -0.4 is 31.7 Å². The number of ether oxygens (including phenoxy) is 3. The first-order valence-electron chi connectivity index (χ1n) is 17.4. The van der Waals surface area contributed by atoms with Crippen LogP contribution in [-0.2, 0) is 36.9 Å². The number of imidazole rings is 1. The number of benzene rings is 2. The zero-order chi connectivity index (χ0) is 38.6. The highest BCUT2D eigenvalue weighted by Crippen LogP contribution is 2.32. The number of nitrogens with one attached hydrogen (secondary N) is 4. The molecule has 18 nitrogen and oxygen atoms in total. The van der Waals surface area contributed by atoms with E-state index in [0.717, 1.165) is 5.56 Å². The van der Waals surface area contributed by atoms with E-state index in [9.17, 15) is 29.4 Å². The molecule has 0 aliphatic carbocycles. The number of aromatic nitrogens is 4. The number of hydrogen-bond acceptors (Lipinski definition) is 13. The number of carbonyl (C=O) groups is 4. The Labute approximate surface area is 310 Å². The van der Waals surface area contributed by atoms with E-state index in [4.69, 9.17) is 19.9 Å². The van der Waals surface area contributed by atoms with Gasteiger partial charge in [0.25, 0.3) is 0 Å². The minimum absolute atomic E-state index is 0.00845. The summed E-state index contributed by atoms with van der Waals surface area (Å²) in [5.41, 5.74) is 7.90. The van der Waals surface area contributed by atoms with Crippen LogP contribution in [0, 0.1) is 0 Å². The maximum Gasteiger partial charge on any atom is 0.408 e. The number of rotatable bonds is 17. The molecule has 54 heavy (non-hydrogen) atoms. The van der Waals surface area contributed by atoms with Crippen LogP contribution in [0.25, 0.3) is 11.2 Å². The lowest BCUT2D eigenvalue weighted by Gasteiger charge is -2.26. The molecule has 1 fully saturated rings. The van der Waals surface area contributed by atoms with Crippen molar-refractivity contribution in [3.63, 3.8) is 0 Å². The number of fused-ring (bicyclic) bond motifs is 1. The Bertz CT molecular complexity index is 1880. The van der Waals surface area contributed by atoms with Gasteiger partial charge in [0, 0.05) is 19.9 Å². The lowest BCUT2D eigenvalue weighted by atomic mass is 10.0. The smallest absolute Gasteiger partial charge is 0.408 e. The Hall–Kier alpha value is -5.85. The summed E-state index contributed by atoms with van der Waals surface area (Å²) < 4.78 is 18.0. The molecule has 3 unspecified atom stereocenters. The van der Waals surface area contributed by atoms with Crippen molar-refractivity contribution in [2.75, 3.05) is 26.0 Å². The molecule has 4 aromatic rings. The van der Waals surface area contributed by atoms with E-state index in [0.29, 0.717) is 30.7 Å². The first-order valence-corrected chi connectivity index (χ1v) is 17.4. The number of hydrogen-bond donors (Lipinski definition) is 7. The van der Waals surface area contributed by atoms with Crippen molar-refractivity contribution in [1.29, 1.82) is 0 Å². The molecule has 5 rings (SSSR count). The maximum absolute atomic E-state index is 14.1. The minimum atomic E-state index is -1.39. The van der Waals surface area contributed by atoms with Crippen molar-refractivity contribution in [3.8, 4) is 5.75 Å². The topological polar surface area (TPSA) is 254 Å². The van der Waals surface area contributed by atoms with Gasteiger partial charge in [-0.1, -0.05) is 42.5 Å². The summed E-state index contributed by atoms with van der Waals surface area (Å²) in [7, 11) is 1.52. The summed E-state index contributed by atoms with van der Waals surface area (Å²) in [6, 6.07) is 12.5. The van der Waals surface area contributed by atoms with Gasteiger partial charge >= 0.3 is 6.09 Å². The molecule has 18 heteroatoms. The Morgan fingerprint density at radius 3 is 2.43 bits per heavy atom. The molecule has 8 N–H and O–H groups in total. The first kappa shape index (κ1) is 39.4. The van der Waals surface area contributed by atoms with E-state index < -0.39 is 61.1 Å². The predicted molar refractivity (Wildman–Crippen MR) is 193 cm³/mol. The highest BCUT2D eigenvalue weighted by Gasteiger charge is 2.46. The van der Waals surface area contributed by atoms with E-state index >= 15 is 0 Å². The summed E-state index contributed by atoms with van der Waals surface area (Å²) in [6.07, 6.45) is -0.661. The van der Waals surface area contributed by atoms with Gasteiger partial charge in [-0.15, -0.1) is 0 Å². The van der Waals surface area contributed by atoms with Crippen LogP contribution in [-0.4, -0.2) is 104 Å². The molecule has 6 atom stereocenters. The molecule has 1 saturated heterocycles. The standard InChI is InChI=1S/C36H45N9O9/c1-21(47)38-15-7-6-10-25(43-36(51)53-18-23-8-4-3-5-9-23)33(49)42-26(16-22-11-13-24(52-2)14-12-22)34(50)44-28-27(17-46)54-35(30(28)48)45-20-41-29-31(37)39-19-40-32(29)45/h3-5,8-9,11-14,19-20,25-28,30,35,46,48H,6-7,10,15-18H2,1-2H3,(H,38,47)(H,42,49)(H,43,51)(H,44,50)(H2,37,39,40)/t25?,26?,27-,28?,30+,35-/m1/s1. The Kier molecular flexibility index (Phi) is 13.7. The molecule has 0 saturated carbocycles. The zero-order valence-electron chi connectivity index (χ0n) is 29.9. The van der Waals surface area contributed by atoms with E-state index in [1.165, 1.54) is 31.3 Å². The van der Waals surface area contributed by atoms with Gasteiger partial charge in [0.1, 0.15) is 48.5 Å². The van der Waals surface area contributed by atoms with Crippen molar-refractivity contribution >= 4 is 40.8 Å². The summed E-state index contributed by atoms with van der Waals surface area (Å²) in [4.78, 5) is 64.6. The van der Waals surface area contributed by atoms with Crippen molar-refractivity contribution in [1.82, 2.24) is 40.8 Å². The molecule has 0 spiro atoms. The molecule has 2 aromatic carbocycles. The third-order valence-electron chi connectivity index (χ3n) is 8.87. The van der Waals surface area contributed by atoms with Gasteiger partial charge in [0.2, 0.25) is 17.7 Å². The molecular weight excluding hydrogens is 702 g/mol. The second kappa shape index (κ2) is 18.8. The lowest BCUT2D eigenvalue weighted by Crippen LogP contribution is -2.58. The number of alkyl carbamates (subject to hydrolysis) is 1. The number of amides is 4. The SMILES string of the molecule is COc1ccc(CC(NC(=O)C(CCCCNC(C)=O)NC(=O)OCc2ccccc2)C(=O)NC2[C@@H](CO)O[C@@H](n3cnc4c(N)ncnc43)[C@H]2O)cc1.